The number of hydrogen-bond acceptors (Lipinski definition) is 3. The molecule has 4 nitrogen and oxygen atoms in total. The maximum atomic E-state index is 12.0. The molecule has 0 saturated carbocycles. The van der Waals surface area contributed by atoms with Crippen molar-refractivity contribution in [1.29, 1.82) is 0 Å². The van der Waals surface area contributed by atoms with E-state index in [-0.39, 0.29) is 5.91 Å². The molecule has 0 radical (unpaired) electrons. The molecule has 0 aliphatic heterocycles. The van der Waals surface area contributed by atoms with Crippen LogP contribution in [-0.2, 0) is 11.2 Å². The van der Waals surface area contributed by atoms with E-state index >= 15 is 0 Å². The van der Waals surface area contributed by atoms with Gasteiger partial charge in [-0.15, -0.1) is 0 Å². The number of aryl methyl sites for hydroxylation is 1. The van der Waals surface area contributed by atoms with Gasteiger partial charge in [-0.3, -0.25) is 4.79 Å². The third-order valence-electron chi connectivity index (χ3n) is 3.47. The molecule has 0 aliphatic rings. The normalized spacial score (nSPS) is 10.2. The van der Waals surface area contributed by atoms with Gasteiger partial charge in [0.25, 0.3) is 0 Å². The van der Waals surface area contributed by atoms with Crippen LogP contribution in [0.25, 0.3) is 0 Å². The van der Waals surface area contributed by atoms with Gasteiger partial charge >= 0.3 is 0 Å². The molecule has 0 spiro atoms. The zero-order chi connectivity index (χ0) is 16.7. The Morgan fingerprint density at radius 1 is 1.17 bits per heavy atom. The van der Waals surface area contributed by atoms with Crippen molar-refractivity contribution in [2.75, 3.05) is 24.3 Å². The van der Waals surface area contributed by atoms with Gasteiger partial charge in [0.2, 0.25) is 5.91 Å². The SMILES string of the molecule is CCc1ccc(NC(=O)CCNc2cc(Cl)ccc2OC)cc1. The highest BCUT2D eigenvalue weighted by Gasteiger charge is 2.06. The molecule has 122 valence electrons. The number of benzene rings is 2. The second-order valence-electron chi connectivity index (χ2n) is 5.12. The number of amides is 1. The first-order valence-electron chi connectivity index (χ1n) is 7.58. The van der Waals surface area contributed by atoms with Gasteiger partial charge < -0.3 is 15.4 Å². The van der Waals surface area contributed by atoms with E-state index in [4.69, 9.17) is 16.3 Å². The van der Waals surface area contributed by atoms with Gasteiger partial charge in [0.1, 0.15) is 5.75 Å². The van der Waals surface area contributed by atoms with Gasteiger partial charge in [-0.05, 0) is 42.3 Å². The maximum absolute atomic E-state index is 12.0. The Morgan fingerprint density at radius 2 is 1.91 bits per heavy atom. The first-order valence-corrected chi connectivity index (χ1v) is 7.96. The van der Waals surface area contributed by atoms with Crippen LogP contribution in [0.4, 0.5) is 11.4 Å². The van der Waals surface area contributed by atoms with Crippen molar-refractivity contribution >= 4 is 28.9 Å². The van der Waals surface area contributed by atoms with Crippen molar-refractivity contribution in [3.05, 3.63) is 53.1 Å². The molecule has 0 aromatic heterocycles. The standard InChI is InChI=1S/C18H21ClN2O2/c1-3-13-4-7-15(8-5-13)21-18(22)10-11-20-16-12-14(19)6-9-17(16)23-2/h4-9,12,20H,3,10-11H2,1-2H3,(H,21,22). The minimum absolute atomic E-state index is 0.0391. The number of hydrogen-bond donors (Lipinski definition) is 2. The molecule has 0 fully saturated rings. The van der Waals surface area contributed by atoms with E-state index in [0.717, 1.165) is 17.8 Å². The van der Waals surface area contributed by atoms with Crippen LogP contribution >= 0.6 is 11.6 Å². The van der Waals surface area contributed by atoms with E-state index in [1.807, 2.05) is 24.3 Å². The van der Waals surface area contributed by atoms with Crippen molar-refractivity contribution in [2.45, 2.75) is 19.8 Å². The highest BCUT2D eigenvalue weighted by atomic mass is 35.5. The van der Waals surface area contributed by atoms with Crippen LogP contribution in [0.1, 0.15) is 18.9 Å². The quantitative estimate of drug-likeness (QED) is 0.792. The van der Waals surface area contributed by atoms with Gasteiger partial charge in [-0.2, -0.15) is 0 Å². The average molecular weight is 333 g/mol. The molecule has 2 aromatic rings. The number of anilines is 2. The van der Waals surface area contributed by atoms with Crippen LogP contribution in [0.15, 0.2) is 42.5 Å². The zero-order valence-corrected chi connectivity index (χ0v) is 14.1. The molecular weight excluding hydrogens is 312 g/mol. The summed E-state index contributed by atoms with van der Waals surface area (Å²) in [4.78, 5) is 12.0. The van der Waals surface area contributed by atoms with Crippen LogP contribution in [0, 0.1) is 0 Å². The maximum Gasteiger partial charge on any atom is 0.226 e. The van der Waals surface area contributed by atoms with Crippen LogP contribution in [0.2, 0.25) is 5.02 Å². The molecule has 0 bridgehead atoms. The highest BCUT2D eigenvalue weighted by Crippen LogP contribution is 2.27. The smallest absolute Gasteiger partial charge is 0.226 e. The minimum Gasteiger partial charge on any atom is -0.495 e. The van der Waals surface area contributed by atoms with Crippen molar-refractivity contribution in [3.8, 4) is 5.75 Å². The summed E-state index contributed by atoms with van der Waals surface area (Å²) >= 11 is 5.97. The number of carbonyl (C=O) groups is 1. The van der Waals surface area contributed by atoms with Gasteiger partial charge in [0.05, 0.1) is 12.8 Å². The number of ether oxygens (including phenoxy) is 1. The Morgan fingerprint density at radius 3 is 2.57 bits per heavy atom. The topological polar surface area (TPSA) is 50.4 Å². The number of nitrogens with one attached hydrogen (secondary N) is 2. The summed E-state index contributed by atoms with van der Waals surface area (Å²) in [6.07, 6.45) is 1.34. The van der Waals surface area contributed by atoms with Crippen molar-refractivity contribution in [1.82, 2.24) is 0 Å². The first kappa shape index (κ1) is 17.2. The zero-order valence-electron chi connectivity index (χ0n) is 13.4. The number of halogens is 1. The van der Waals surface area contributed by atoms with Crippen LogP contribution in [0.5, 0.6) is 5.75 Å². The predicted molar refractivity (Wildman–Crippen MR) is 95.6 cm³/mol. The molecule has 0 heterocycles. The van der Waals surface area contributed by atoms with Crippen molar-refractivity contribution in [3.63, 3.8) is 0 Å². The van der Waals surface area contributed by atoms with Crippen molar-refractivity contribution < 1.29 is 9.53 Å². The molecule has 2 N–H and O–H groups in total. The largest absolute Gasteiger partial charge is 0.495 e. The predicted octanol–water partition coefficient (Wildman–Crippen LogP) is 4.35. The van der Waals surface area contributed by atoms with E-state index in [1.165, 1.54) is 5.56 Å². The Bertz CT molecular complexity index is 657. The van der Waals surface area contributed by atoms with Crippen LogP contribution in [0.3, 0.4) is 0 Å². The lowest BCUT2D eigenvalue weighted by Crippen LogP contribution is -2.16. The minimum atomic E-state index is -0.0391. The monoisotopic (exact) mass is 332 g/mol. The highest BCUT2D eigenvalue weighted by molar-refractivity contribution is 6.30. The first-order chi connectivity index (χ1) is 11.1. The molecule has 0 saturated heterocycles. The summed E-state index contributed by atoms with van der Waals surface area (Å²) in [6.45, 7) is 2.60. The van der Waals surface area contributed by atoms with Crippen molar-refractivity contribution in [2.24, 2.45) is 0 Å². The van der Waals surface area contributed by atoms with Crippen LogP contribution < -0.4 is 15.4 Å². The van der Waals surface area contributed by atoms with Gasteiger partial charge in [0.15, 0.2) is 0 Å². The lowest BCUT2D eigenvalue weighted by atomic mass is 10.1. The number of methoxy groups -OCH3 is 1. The Kier molecular flexibility index (Phi) is 6.29. The third-order valence-corrected chi connectivity index (χ3v) is 3.71. The van der Waals surface area contributed by atoms with E-state index in [9.17, 15) is 4.79 Å². The van der Waals surface area contributed by atoms with Crippen LogP contribution in [-0.4, -0.2) is 19.6 Å². The fourth-order valence-corrected chi connectivity index (χ4v) is 2.35. The molecule has 5 heteroatoms. The summed E-state index contributed by atoms with van der Waals surface area (Å²) in [5.74, 6) is 0.660. The van der Waals surface area contributed by atoms with Gasteiger partial charge in [0, 0.05) is 23.7 Å². The molecule has 2 aromatic carbocycles. The fraction of sp³-hybridized carbons (Fsp3) is 0.278. The number of carbonyl (C=O) groups excluding carboxylic acids is 1. The summed E-state index contributed by atoms with van der Waals surface area (Å²) in [6, 6.07) is 13.2. The Labute approximate surface area is 141 Å². The summed E-state index contributed by atoms with van der Waals surface area (Å²) in [5.41, 5.74) is 2.84. The van der Waals surface area contributed by atoms with E-state index in [0.29, 0.717) is 23.7 Å². The van der Waals surface area contributed by atoms with Gasteiger partial charge in [-0.25, -0.2) is 0 Å². The average Bonchev–Trinajstić information content (AvgIpc) is 2.56. The van der Waals surface area contributed by atoms with E-state index in [1.54, 1.807) is 25.3 Å². The van der Waals surface area contributed by atoms with E-state index < -0.39 is 0 Å². The summed E-state index contributed by atoms with van der Waals surface area (Å²) < 4.78 is 5.25. The lowest BCUT2D eigenvalue weighted by Gasteiger charge is -2.11. The fourth-order valence-electron chi connectivity index (χ4n) is 2.18. The Hall–Kier alpha value is -2.20. The Balaban J connectivity index is 1.83. The van der Waals surface area contributed by atoms with E-state index in [2.05, 4.69) is 17.6 Å². The molecule has 23 heavy (non-hydrogen) atoms. The molecule has 0 unspecified atom stereocenters. The summed E-state index contributed by atoms with van der Waals surface area (Å²) in [5, 5.41) is 6.67. The van der Waals surface area contributed by atoms with Gasteiger partial charge in [-0.1, -0.05) is 30.7 Å². The lowest BCUT2D eigenvalue weighted by molar-refractivity contribution is -0.115. The summed E-state index contributed by atoms with van der Waals surface area (Å²) in [7, 11) is 1.60. The number of rotatable bonds is 7. The molecule has 0 aliphatic carbocycles. The second-order valence-corrected chi connectivity index (χ2v) is 5.56. The molecular formula is C18H21ClN2O2. The molecule has 2 rings (SSSR count). The second kappa shape index (κ2) is 8.44. The third kappa shape index (κ3) is 5.18. The molecule has 1 amide bonds. The molecule has 0 atom stereocenters.